The van der Waals surface area contributed by atoms with Crippen molar-refractivity contribution in [2.75, 3.05) is 0 Å². The largest absolute Gasteiger partial charge is 0.387 e. The smallest absolute Gasteiger partial charge is 0.0940 e. The Bertz CT molecular complexity index is 260. The molecule has 0 aliphatic rings. The summed E-state index contributed by atoms with van der Waals surface area (Å²) in [6.45, 7) is 1.95. The van der Waals surface area contributed by atoms with Crippen molar-refractivity contribution in [1.82, 2.24) is 0 Å². The minimum absolute atomic E-state index is 0.207. The molecule has 1 aromatic rings. The van der Waals surface area contributed by atoms with E-state index in [2.05, 4.69) is 0 Å². The monoisotopic (exact) mass is 199 g/mol. The minimum Gasteiger partial charge on any atom is -0.387 e. The topological polar surface area (TPSA) is 46.2 Å². The Balaban J connectivity index is 2.77. The summed E-state index contributed by atoms with van der Waals surface area (Å²) in [4.78, 5) is 0. The molecule has 1 aromatic carbocycles. The Morgan fingerprint density at radius 3 is 2.38 bits per heavy atom. The lowest BCUT2D eigenvalue weighted by molar-refractivity contribution is 0.144. The van der Waals surface area contributed by atoms with Crippen molar-refractivity contribution in [3.63, 3.8) is 0 Å². The van der Waals surface area contributed by atoms with Crippen molar-refractivity contribution in [1.29, 1.82) is 0 Å². The van der Waals surface area contributed by atoms with Gasteiger partial charge in [-0.15, -0.1) is 0 Å². The van der Waals surface area contributed by atoms with Gasteiger partial charge < -0.3 is 10.8 Å². The van der Waals surface area contributed by atoms with Crippen LogP contribution in [0.4, 0.5) is 0 Å². The molecule has 0 amide bonds. The first-order valence-corrected chi connectivity index (χ1v) is 4.72. The van der Waals surface area contributed by atoms with E-state index in [1.807, 2.05) is 6.92 Å². The molecule has 1 rings (SSSR count). The molecule has 0 saturated heterocycles. The molecule has 0 aromatic heterocycles. The van der Waals surface area contributed by atoms with Gasteiger partial charge in [-0.3, -0.25) is 0 Å². The molecule has 0 fully saturated rings. The van der Waals surface area contributed by atoms with Gasteiger partial charge in [-0.05, 0) is 24.1 Å². The molecule has 13 heavy (non-hydrogen) atoms. The zero-order chi connectivity index (χ0) is 9.84. The average Bonchev–Trinajstić information content (AvgIpc) is 2.17. The van der Waals surface area contributed by atoms with Crippen LogP contribution in [0, 0.1) is 0 Å². The minimum atomic E-state index is -0.595. The van der Waals surface area contributed by atoms with Gasteiger partial charge in [0.15, 0.2) is 0 Å². The lowest BCUT2D eigenvalue weighted by Gasteiger charge is -2.17. The van der Waals surface area contributed by atoms with Crippen molar-refractivity contribution in [2.45, 2.75) is 25.5 Å². The fraction of sp³-hybridized carbons (Fsp3) is 0.400. The van der Waals surface area contributed by atoms with Crippen molar-refractivity contribution >= 4 is 11.6 Å². The fourth-order valence-corrected chi connectivity index (χ4v) is 1.26. The van der Waals surface area contributed by atoms with Gasteiger partial charge in [0.1, 0.15) is 0 Å². The van der Waals surface area contributed by atoms with Gasteiger partial charge in [0, 0.05) is 11.1 Å². The molecule has 0 aliphatic heterocycles. The molecule has 2 atom stereocenters. The number of halogens is 1. The maximum Gasteiger partial charge on any atom is 0.0940 e. The summed E-state index contributed by atoms with van der Waals surface area (Å²) in [5.41, 5.74) is 6.52. The van der Waals surface area contributed by atoms with Crippen LogP contribution in [0.15, 0.2) is 24.3 Å². The number of benzene rings is 1. The van der Waals surface area contributed by atoms with Crippen LogP contribution in [0.3, 0.4) is 0 Å². The highest BCUT2D eigenvalue weighted by Crippen LogP contribution is 2.19. The molecule has 0 spiro atoms. The maximum absolute atomic E-state index is 9.71. The molecule has 0 unspecified atom stereocenters. The summed E-state index contributed by atoms with van der Waals surface area (Å²) in [7, 11) is 0. The first-order chi connectivity index (χ1) is 6.15. The molecule has 0 heterocycles. The van der Waals surface area contributed by atoms with Crippen LogP contribution >= 0.6 is 11.6 Å². The van der Waals surface area contributed by atoms with E-state index >= 15 is 0 Å². The van der Waals surface area contributed by atoms with E-state index < -0.39 is 6.10 Å². The Kier molecular flexibility index (Phi) is 3.72. The first kappa shape index (κ1) is 10.5. The van der Waals surface area contributed by atoms with Gasteiger partial charge in [-0.2, -0.15) is 0 Å². The summed E-state index contributed by atoms with van der Waals surface area (Å²) in [6.07, 6.45) is 0.159. The van der Waals surface area contributed by atoms with Gasteiger partial charge >= 0.3 is 0 Å². The molecule has 3 N–H and O–H groups in total. The molecular formula is C10H14ClNO. The average molecular weight is 200 g/mol. The zero-order valence-corrected chi connectivity index (χ0v) is 8.33. The Morgan fingerprint density at radius 1 is 1.38 bits per heavy atom. The molecule has 2 nitrogen and oxygen atoms in total. The normalized spacial score (nSPS) is 15.4. The van der Waals surface area contributed by atoms with Gasteiger partial charge in [0.25, 0.3) is 0 Å². The molecule has 0 bridgehead atoms. The maximum atomic E-state index is 9.71. The van der Waals surface area contributed by atoms with E-state index in [0.29, 0.717) is 5.02 Å². The van der Waals surface area contributed by atoms with Gasteiger partial charge in [0.2, 0.25) is 0 Å². The molecule has 0 aliphatic carbocycles. The van der Waals surface area contributed by atoms with Gasteiger partial charge in [-0.25, -0.2) is 0 Å². The molecule has 72 valence electrons. The van der Waals surface area contributed by atoms with Gasteiger partial charge in [-0.1, -0.05) is 30.7 Å². The third kappa shape index (κ3) is 2.69. The van der Waals surface area contributed by atoms with Crippen LogP contribution in [0.2, 0.25) is 5.02 Å². The Hall–Kier alpha value is -0.570. The summed E-state index contributed by atoms with van der Waals surface area (Å²) < 4.78 is 0. The van der Waals surface area contributed by atoms with Gasteiger partial charge in [0.05, 0.1) is 6.10 Å². The summed E-state index contributed by atoms with van der Waals surface area (Å²) in [5.74, 6) is 0. The van der Waals surface area contributed by atoms with Crippen LogP contribution in [0.1, 0.15) is 25.0 Å². The fourth-order valence-electron chi connectivity index (χ4n) is 1.13. The highest BCUT2D eigenvalue weighted by molar-refractivity contribution is 6.30. The quantitative estimate of drug-likeness (QED) is 0.784. The van der Waals surface area contributed by atoms with Crippen LogP contribution in [-0.4, -0.2) is 11.1 Å². The molecular weight excluding hydrogens is 186 g/mol. The van der Waals surface area contributed by atoms with Crippen molar-refractivity contribution in [3.8, 4) is 0 Å². The van der Waals surface area contributed by atoms with E-state index in [1.54, 1.807) is 24.3 Å². The van der Waals surface area contributed by atoms with E-state index in [0.717, 1.165) is 12.0 Å². The second-order valence-electron chi connectivity index (χ2n) is 3.07. The zero-order valence-electron chi connectivity index (χ0n) is 7.57. The van der Waals surface area contributed by atoms with Crippen LogP contribution in [0.25, 0.3) is 0 Å². The van der Waals surface area contributed by atoms with Crippen molar-refractivity contribution in [3.05, 3.63) is 34.9 Å². The predicted octanol–water partition coefficient (Wildman–Crippen LogP) is 2.11. The van der Waals surface area contributed by atoms with Crippen LogP contribution in [0.5, 0.6) is 0 Å². The van der Waals surface area contributed by atoms with Crippen molar-refractivity contribution < 1.29 is 5.11 Å². The Morgan fingerprint density at radius 2 is 1.92 bits per heavy atom. The van der Waals surface area contributed by atoms with E-state index in [-0.39, 0.29) is 6.04 Å². The van der Waals surface area contributed by atoms with E-state index in [9.17, 15) is 5.11 Å². The summed E-state index contributed by atoms with van der Waals surface area (Å²) >= 11 is 5.72. The van der Waals surface area contributed by atoms with Crippen LogP contribution < -0.4 is 5.73 Å². The standard InChI is InChI=1S/C10H14ClNO/c1-2-9(12)10(13)7-3-5-8(11)6-4-7/h3-6,9-10,13H,2,12H2,1H3/t9-,10-/m1/s1. The second kappa shape index (κ2) is 4.61. The number of hydrogen-bond donors (Lipinski definition) is 2. The number of aliphatic hydroxyl groups excluding tert-OH is 1. The highest BCUT2D eigenvalue weighted by Gasteiger charge is 2.14. The lowest BCUT2D eigenvalue weighted by atomic mass is 10.0. The van der Waals surface area contributed by atoms with Crippen molar-refractivity contribution in [2.24, 2.45) is 5.73 Å². The highest BCUT2D eigenvalue weighted by atomic mass is 35.5. The van der Waals surface area contributed by atoms with E-state index in [4.69, 9.17) is 17.3 Å². The third-order valence-electron chi connectivity index (χ3n) is 2.09. The second-order valence-corrected chi connectivity index (χ2v) is 3.50. The molecule has 0 radical (unpaired) electrons. The predicted molar refractivity (Wildman–Crippen MR) is 54.7 cm³/mol. The number of rotatable bonds is 3. The lowest BCUT2D eigenvalue weighted by Crippen LogP contribution is -2.27. The third-order valence-corrected chi connectivity index (χ3v) is 2.34. The summed E-state index contributed by atoms with van der Waals surface area (Å²) in [5, 5.41) is 10.4. The first-order valence-electron chi connectivity index (χ1n) is 4.34. The summed E-state index contributed by atoms with van der Waals surface area (Å²) in [6, 6.07) is 6.89. The molecule has 0 saturated carbocycles. The number of hydrogen-bond acceptors (Lipinski definition) is 2. The number of aliphatic hydroxyl groups is 1. The van der Waals surface area contributed by atoms with Crippen LogP contribution in [-0.2, 0) is 0 Å². The van der Waals surface area contributed by atoms with E-state index in [1.165, 1.54) is 0 Å². The molecule has 3 heteroatoms. The Labute approximate surface area is 83.3 Å². The SMILES string of the molecule is CC[C@@H](N)[C@H](O)c1ccc(Cl)cc1. The number of nitrogens with two attached hydrogens (primary N) is 1.